The first kappa shape index (κ1) is 11.4. The quantitative estimate of drug-likeness (QED) is 0.891. The first-order valence-electron chi connectivity index (χ1n) is 5.95. The van der Waals surface area contributed by atoms with Crippen molar-refractivity contribution in [3.63, 3.8) is 0 Å². The summed E-state index contributed by atoms with van der Waals surface area (Å²) in [6.07, 6.45) is 2.54. The summed E-state index contributed by atoms with van der Waals surface area (Å²) in [5.41, 5.74) is 7.36. The normalized spacial score (nSPS) is 14.7. The number of hydrogen-bond acceptors (Lipinski definition) is 3. The van der Waals surface area contributed by atoms with E-state index in [1.807, 2.05) is 18.2 Å². The van der Waals surface area contributed by atoms with Gasteiger partial charge in [0.2, 0.25) is 0 Å². The van der Waals surface area contributed by atoms with Crippen molar-refractivity contribution in [3.05, 3.63) is 29.3 Å². The van der Waals surface area contributed by atoms with Gasteiger partial charge >= 0.3 is 0 Å². The fraction of sp³-hybridized carbons (Fsp3) is 0.308. The number of nitrogen functional groups attached to an aromatic ring is 1. The van der Waals surface area contributed by atoms with Crippen LogP contribution in [0.5, 0.6) is 5.75 Å². The van der Waals surface area contributed by atoms with E-state index in [-0.39, 0.29) is 0 Å². The lowest BCUT2D eigenvalue weighted by Crippen LogP contribution is -1.99. The Kier molecular flexibility index (Phi) is 2.88. The van der Waals surface area contributed by atoms with Crippen LogP contribution in [-0.4, -0.2) is 16.8 Å². The van der Waals surface area contributed by atoms with Crippen molar-refractivity contribution in [2.45, 2.75) is 12.8 Å². The topological polar surface area (TPSA) is 63.9 Å². The largest absolute Gasteiger partial charge is 0.493 e. The number of nitrogens with one attached hydrogen (secondary N) is 1. The Morgan fingerprint density at radius 1 is 1.33 bits per heavy atom. The van der Waals surface area contributed by atoms with Crippen molar-refractivity contribution < 1.29 is 4.74 Å². The minimum atomic E-state index is 0.463. The van der Waals surface area contributed by atoms with E-state index >= 15 is 0 Å². The maximum atomic E-state index is 6.09. The van der Waals surface area contributed by atoms with Gasteiger partial charge in [0.1, 0.15) is 11.6 Å². The molecule has 1 aliphatic carbocycles. The predicted octanol–water partition coefficient (Wildman–Crippen LogP) is 3.10. The minimum absolute atomic E-state index is 0.463. The molecule has 94 valence electrons. The van der Waals surface area contributed by atoms with E-state index < -0.39 is 0 Å². The average molecular weight is 264 g/mol. The molecule has 1 aromatic heterocycles. The molecular formula is C13H14ClN3O. The van der Waals surface area contributed by atoms with Crippen LogP contribution in [-0.2, 0) is 0 Å². The second kappa shape index (κ2) is 4.53. The fourth-order valence-corrected chi connectivity index (χ4v) is 2.01. The van der Waals surface area contributed by atoms with Crippen molar-refractivity contribution >= 4 is 17.4 Å². The van der Waals surface area contributed by atoms with E-state index in [1.54, 1.807) is 6.07 Å². The van der Waals surface area contributed by atoms with Crippen LogP contribution in [0.3, 0.4) is 0 Å². The van der Waals surface area contributed by atoms with Gasteiger partial charge in [0.05, 0.1) is 12.3 Å². The monoisotopic (exact) mass is 263 g/mol. The number of ether oxygens (including phenoxy) is 1. The van der Waals surface area contributed by atoms with Crippen molar-refractivity contribution in [1.82, 2.24) is 10.2 Å². The molecule has 1 aromatic carbocycles. The molecule has 0 unspecified atom stereocenters. The van der Waals surface area contributed by atoms with Gasteiger partial charge in [0.25, 0.3) is 0 Å². The van der Waals surface area contributed by atoms with E-state index in [0.29, 0.717) is 10.8 Å². The van der Waals surface area contributed by atoms with Gasteiger partial charge in [-0.05, 0) is 37.0 Å². The molecule has 0 radical (unpaired) electrons. The Bertz CT molecular complexity index is 563. The fourth-order valence-electron chi connectivity index (χ4n) is 1.79. The van der Waals surface area contributed by atoms with Crippen LogP contribution in [0.1, 0.15) is 12.8 Å². The van der Waals surface area contributed by atoms with Crippen LogP contribution in [0.15, 0.2) is 24.3 Å². The lowest BCUT2D eigenvalue weighted by Gasteiger charge is -2.07. The molecule has 0 aliphatic heterocycles. The molecule has 3 rings (SSSR count). The Balaban J connectivity index is 1.84. The summed E-state index contributed by atoms with van der Waals surface area (Å²) in [6, 6.07) is 7.41. The molecule has 0 atom stereocenters. The van der Waals surface area contributed by atoms with Crippen molar-refractivity contribution in [1.29, 1.82) is 0 Å². The van der Waals surface area contributed by atoms with E-state index in [4.69, 9.17) is 22.1 Å². The van der Waals surface area contributed by atoms with Crippen LogP contribution in [0, 0.1) is 5.92 Å². The second-order valence-electron chi connectivity index (χ2n) is 4.64. The van der Waals surface area contributed by atoms with Crippen molar-refractivity contribution in [3.8, 4) is 17.0 Å². The van der Waals surface area contributed by atoms with Crippen LogP contribution >= 0.6 is 11.6 Å². The molecule has 0 spiro atoms. The molecule has 1 aliphatic rings. The summed E-state index contributed by atoms with van der Waals surface area (Å²) in [4.78, 5) is 0. The van der Waals surface area contributed by atoms with Gasteiger partial charge < -0.3 is 10.5 Å². The molecule has 0 bridgehead atoms. The SMILES string of the molecule is Nc1cc(-c2cc(Cl)cc(OCC3CC3)c2)[nH]n1. The van der Waals surface area contributed by atoms with E-state index in [2.05, 4.69) is 10.2 Å². The van der Waals surface area contributed by atoms with Crippen LogP contribution < -0.4 is 10.5 Å². The first-order chi connectivity index (χ1) is 8.70. The Morgan fingerprint density at radius 3 is 2.83 bits per heavy atom. The zero-order chi connectivity index (χ0) is 12.5. The Morgan fingerprint density at radius 2 is 2.17 bits per heavy atom. The molecule has 1 saturated carbocycles. The second-order valence-corrected chi connectivity index (χ2v) is 5.07. The lowest BCUT2D eigenvalue weighted by molar-refractivity contribution is 0.300. The summed E-state index contributed by atoms with van der Waals surface area (Å²) >= 11 is 6.09. The smallest absolute Gasteiger partial charge is 0.145 e. The molecule has 4 nitrogen and oxygen atoms in total. The highest BCUT2D eigenvalue weighted by Crippen LogP contribution is 2.32. The summed E-state index contributed by atoms with van der Waals surface area (Å²) in [5, 5.41) is 7.41. The molecule has 1 heterocycles. The summed E-state index contributed by atoms with van der Waals surface area (Å²) in [7, 11) is 0. The number of nitrogens with zero attached hydrogens (tertiary/aromatic N) is 1. The Hall–Kier alpha value is -1.68. The highest BCUT2D eigenvalue weighted by atomic mass is 35.5. The van der Waals surface area contributed by atoms with Gasteiger partial charge in [-0.2, -0.15) is 5.10 Å². The summed E-state index contributed by atoms with van der Waals surface area (Å²) in [5.74, 6) is 1.97. The number of benzene rings is 1. The number of halogens is 1. The van der Waals surface area contributed by atoms with Gasteiger partial charge in [0.15, 0.2) is 0 Å². The van der Waals surface area contributed by atoms with Crippen molar-refractivity contribution in [2.24, 2.45) is 5.92 Å². The highest BCUT2D eigenvalue weighted by Gasteiger charge is 2.22. The third-order valence-electron chi connectivity index (χ3n) is 2.96. The predicted molar refractivity (Wildman–Crippen MR) is 71.7 cm³/mol. The molecule has 1 fully saturated rings. The number of aromatic amines is 1. The lowest BCUT2D eigenvalue weighted by atomic mass is 10.1. The van der Waals surface area contributed by atoms with Gasteiger partial charge in [-0.15, -0.1) is 0 Å². The first-order valence-corrected chi connectivity index (χ1v) is 6.33. The zero-order valence-corrected chi connectivity index (χ0v) is 10.6. The molecule has 5 heteroatoms. The van der Waals surface area contributed by atoms with Crippen LogP contribution in [0.4, 0.5) is 5.82 Å². The minimum Gasteiger partial charge on any atom is -0.493 e. The van der Waals surface area contributed by atoms with E-state index in [0.717, 1.165) is 29.5 Å². The third kappa shape index (κ3) is 2.59. The van der Waals surface area contributed by atoms with Gasteiger partial charge in [-0.1, -0.05) is 11.6 Å². The van der Waals surface area contributed by atoms with Crippen LogP contribution in [0.25, 0.3) is 11.3 Å². The van der Waals surface area contributed by atoms with Gasteiger partial charge in [-0.3, -0.25) is 5.10 Å². The van der Waals surface area contributed by atoms with Crippen molar-refractivity contribution in [2.75, 3.05) is 12.3 Å². The molecule has 0 saturated heterocycles. The Labute approximate surface area is 110 Å². The molecule has 3 N–H and O–H groups in total. The number of hydrogen-bond donors (Lipinski definition) is 2. The van der Waals surface area contributed by atoms with Gasteiger partial charge in [0, 0.05) is 16.7 Å². The van der Waals surface area contributed by atoms with Gasteiger partial charge in [-0.25, -0.2) is 0 Å². The standard InChI is InChI=1S/C13H14ClN3O/c14-10-3-9(12-6-13(15)17-16-12)4-11(5-10)18-7-8-1-2-8/h3-6,8H,1-2,7H2,(H3,15,16,17). The number of aromatic nitrogens is 2. The molecule has 2 aromatic rings. The molecule has 0 amide bonds. The zero-order valence-electron chi connectivity index (χ0n) is 9.82. The highest BCUT2D eigenvalue weighted by molar-refractivity contribution is 6.31. The maximum Gasteiger partial charge on any atom is 0.145 e. The molecule has 18 heavy (non-hydrogen) atoms. The van der Waals surface area contributed by atoms with E-state index in [1.165, 1.54) is 12.8 Å². The van der Waals surface area contributed by atoms with Crippen LogP contribution in [0.2, 0.25) is 5.02 Å². The maximum absolute atomic E-state index is 6.09. The third-order valence-corrected chi connectivity index (χ3v) is 3.18. The number of anilines is 1. The summed E-state index contributed by atoms with van der Waals surface area (Å²) in [6.45, 7) is 0.769. The number of nitrogens with two attached hydrogens (primary N) is 1. The number of rotatable bonds is 4. The average Bonchev–Trinajstić information content (AvgIpc) is 3.07. The number of H-pyrrole nitrogens is 1. The van der Waals surface area contributed by atoms with E-state index in [9.17, 15) is 0 Å². The molecular weight excluding hydrogens is 250 g/mol. The summed E-state index contributed by atoms with van der Waals surface area (Å²) < 4.78 is 5.73.